The second kappa shape index (κ2) is 30.9. The maximum atomic E-state index is 6.72. The molecule has 1 saturated carbocycles. The molecule has 0 saturated heterocycles. The number of benzene rings is 10. The second-order valence-corrected chi connectivity index (χ2v) is 40.1. The van der Waals surface area contributed by atoms with Crippen LogP contribution in [0.2, 0.25) is 36.3 Å². The van der Waals surface area contributed by atoms with Gasteiger partial charge < -0.3 is 27.8 Å². The van der Waals surface area contributed by atoms with E-state index in [1.54, 1.807) is 0 Å². The van der Waals surface area contributed by atoms with Crippen molar-refractivity contribution in [1.29, 1.82) is 0 Å². The molecular weight excluding hydrogens is 1310 g/mol. The van der Waals surface area contributed by atoms with E-state index in [1.807, 2.05) is 48.5 Å². The summed E-state index contributed by atoms with van der Waals surface area (Å²) < 4.78 is 38.1. The largest absolute Gasteiger partial charge is 0.544 e. The topological polar surface area (TPSA) is 80.1 Å². The summed E-state index contributed by atoms with van der Waals surface area (Å²) in [4.78, 5) is 11.7. The molecule has 11 aliphatic rings. The molecule has 8 nitrogen and oxygen atoms in total. The molecule has 520 valence electrons. The number of hydrogen-bond donors (Lipinski definition) is 0. The maximum Gasteiger partial charge on any atom is 0.250 e. The minimum atomic E-state index is -2.02. The van der Waals surface area contributed by atoms with Gasteiger partial charge in [0.1, 0.15) is 60.9 Å². The normalized spacial score (nSPS) is 16.6. The van der Waals surface area contributed by atoms with Gasteiger partial charge in [0.05, 0.1) is 11.4 Å². The van der Waals surface area contributed by atoms with E-state index < -0.39 is 27.5 Å². The monoisotopic (exact) mass is 1400 g/mol. The van der Waals surface area contributed by atoms with Crippen LogP contribution >= 0.6 is 0 Å². The third kappa shape index (κ3) is 17.2. The van der Waals surface area contributed by atoms with Gasteiger partial charge in [-0.15, -0.1) is 0 Å². The van der Waals surface area contributed by atoms with Crippen molar-refractivity contribution in [3.63, 3.8) is 0 Å². The zero-order valence-electron chi connectivity index (χ0n) is 61.5. The molecule has 104 heavy (non-hydrogen) atoms. The van der Waals surface area contributed by atoms with Gasteiger partial charge in [-0.2, -0.15) is 0 Å². The zero-order valence-corrected chi connectivity index (χ0v) is 63.5. The number of ether oxygens (including phenoxy) is 4. The third-order valence-electron chi connectivity index (χ3n) is 21.4. The van der Waals surface area contributed by atoms with E-state index >= 15 is 0 Å². The van der Waals surface area contributed by atoms with Crippen molar-refractivity contribution in [2.45, 2.75) is 116 Å². The first-order valence-electron chi connectivity index (χ1n) is 36.1. The Morgan fingerprint density at radius 2 is 0.567 bits per heavy atom. The molecule has 0 aromatic heterocycles. The zero-order chi connectivity index (χ0) is 72.4. The Kier molecular flexibility index (Phi) is 21.2. The summed E-state index contributed by atoms with van der Waals surface area (Å²) in [5, 5.41) is 0.181. The molecule has 10 aromatic carbocycles. The Balaban J connectivity index is 0.954. The minimum absolute atomic E-state index is 0.0903. The maximum absolute atomic E-state index is 6.72. The van der Waals surface area contributed by atoms with Crippen LogP contribution in [0, 0.1) is 58.2 Å². The molecule has 1 aliphatic carbocycles. The van der Waals surface area contributed by atoms with E-state index in [1.165, 1.54) is 11.1 Å². The summed E-state index contributed by atoms with van der Waals surface area (Å²) in [7, 11) is -4.05. The SMILES string of the molecule is CC(C)(C)[Si](C)(C)Oc1ccc(-c2ccc(CC34C=Nc5c6cccc5-c5ccc(cc5)OCC#CC#CCOc5ccc(cc5)-c5cccc(c5N=CC(Cc5ccc(-c7ccc(O[Si](C)(C)C(C)(C)C)cc7)cc5)(CC3)CC4)-c3ccc(cc3)OCC#CC#CCOc3ccc-6cc3)cc2)cc1. The predicted octanol–water partition coefficient (Wildman–Crippen LogP) is 23.1. The van der Waals surface area contributed by atoms with Gasteiger partial charge in [-0.3, -0.25) is 9.98 Å². The molecule has 0 amide bonds. The van der Waals surface area contributed by atoms with E-state index in [2.05, 4.69) is 310 Å². The van der Waals surface area contributed by atoms with Gasteiger partial charge in [0.2, 0.25) is 16.6 Å². The second-order valence-electron chi connectivity index (χ2n) is 30.6. The molecule has 0 N–H and O–H groups in total. The summed E-state index contributed by atoms with van der Waals surface area (Å²) in [6.07, 6.45) is 9.48. The van der Waals surface area contributed by atoms with Crippen LogP contribution in [0.25, 0.3) is 66.8 Å². The van der Waals surface area contributed by atoms with Crippen LogP contribution in [0.3, 0.4) is 0 Å². The highest BCUT2D eigenvalue weighted by atomic mass is 28.4. The first kappa shape index (κ1) is 71.4. The molecule has 0 atom stereocenters. The average Bonchev–Trinajstić information content (AvgIpc) is 0.772. The van der Waals surface area contributed by atoms with Gasteiger partial charge in [0.15, 0.2) is 0 Å². The summed E-state index contributed by atoms with van der Waals surface area (Å²) in [5.74, 6) is 28.6. The molecule has 12 bridgehead atoms. The van der Waals surface area contributed by atoms with Gasteiger partial charge in [0, 0.05) is 45.5 Å². The van der Waals surface area contributed by atoms with Crippen molar-refractivity contribution in [3.8, 4) is 149 Å². The van der Waals surface area contributed by atoms with Crippen molar-refractivity contribution in [1.82, 2.24) is 0 Å². The van der Waals surface area contributed by atoms with Gasteiger partial charge >= 0.3 is 0 Å². The standard InChI is InChI=1S/C94H90N2O6Si2/c1-91(2,3)103(7,8)101-83-53-33-73(34-54-83)71-29-25-69(26-30-71)65-93-57-59-94(60-58-93,66-70-27-31-72(32-28-70)74-35-55-84(56-36-74)102-104(9,10)92(4,5)6)68-96-90-87-23-20-24-88(90)78-43-51-82(52-44-78)100-64-18-14-12-16-62-98-80-47-39-76(40-48-80)86-22-19-21-85(89(86)95-67-93)75-37-45-79(46-38-75)97-61-15-11-13-17-63-99-81-49-41-77(87)42-50-81/h19-56,67-68H,57-66H2,1-10H3. The van der Waals surface area contributed by atoms with Crippen LogP contribution in [-0.2, 0) is 12.8 Å². The molecule has 10 heterocycles. The lowest BCUT2D eigenvalue weighted by molar-refractivity contribution is 0.186. The van der Waals surface area contributed by atoms with Crippen LogP contribution in [0.1, 0.15) is 78.4 Å². The first-order valence-corrected chi connectivity index (χ1v) is 41.9. The first-order chi connectivity index (χ1) is 50.1. The van der Waals surface area contributed by atoms with Gasteiger partial charge in [-0.05, 0) is 251 Å². The fraction of sp³-hybridized carbons (Fsp3) is 0.255. The van der Waals surface area contributed by atoms with E-state index in [0.29, 0.717) is 23.0 Å². The molecule has 0 unspecified atom stereocenters. The van der Waals surface area contributed by atoms with Crippen molar-refractivity contribution in [2.24, 2.45) is 20.8 Å². The molecule has 10 heteroatoms. The summed E-state index contributed by atoms with van der Waals surface area (Å²) in [5.41, 5.74) is 16.0. The van der Waals surface area contributed by atoms with Gasteiger partial charge in [-0.25, -0.2) is 0 Å². The Hall–Kier alpha value is -11.0. The third-order valence-corrected chi connectivity index (χ3v) is 30.1. The Morgan fingerprint density at radius 1 is 0.327 bits per heavy atom. The number of para-hydroxylation sites is 2. The molecule has 0 spiro atoms. The lowest BCUT2D eigenvalue weighted by Gasteiger charge is -2.44. The van der Waals surface area contributed by atoms with E-state index in [4.69, 9.17) is 37.8 Å². The molecular formula is C94H90N2O6Si2. The summed E-state index contributed by atoms with van der Waals surface area (Å²) >= 11 is 0. The number of aliphatic imine (C=N–C) groups is 2. The molecule has 1 fully saturated rings. The van der Waals surface area contributed by atoms with E-state index in [9.17, 15) is 0 Å². The van der Waals surface area contributed by atoms with E-state index in [0.717, 1.165) is 128 Å². The van der Waals surface area contributed by atoms with Crippen LogP contribution < -0.4 is 27.8 Å². The highest BCUT2D eigenvalue weighted by molar-refractivity contribution is 6.75. The minimum Gasteiger partial charge on any atom is -0.544 e. The van der Waals surface area contributed by atoms with Crippen LogP contribution in [0.15, 0.2) is 241 Å². The highest BCUT2D eigenvalue weighted by Gasteiger charge is 2.43. The Morgan fingerprint density at radius 3 is 0.817 bits per heavy atom. The van der Waals surface area contributed by atoms with Crippen molar-refractivity contribution in [3.05, 3.63) is 242 Å². The fourth-order valence-corrected chi connectivity index (χ4v) is 15.2. The fourth-order valence-electron chi connectivity index (χ4n) is 13.1. The van der Waals surface area contributed by atoms with Crippen LogP contribution in [0.5, 0.6) is 34.5 Å². The highest BCUT2D eigenvalue weighted by Crippen LogP contribution is 2.51. The molecule has 10 aromatic rings. The van der Waals surface area contributed by atoms with Gasteiger partial charge in [0.25, 0.3) is 0 Å². The van der Waals surface area contributed by atoms with Crippen molar-refractivity contribution >= 4 is 40.4 Å². The number of nitrogens with zero attached hydrogens (tertiary/aromatic N) is 2. The molecule has 0 radical (unpaired) electrons. The summed E-state index contributed by atoms with van der Waals surface area (Å²) in [6, 6.07) is 81.4. The van der Waals surface area contributed by atoms with Crippen LogP contribution in [-0.4, -0.2) is 55.5 Å². The van der Waals surface area contributed by atoms with E-state index in [-0.39, 0.29) is 36.5 Å². The Labute approximate surface area is 618 Å². The quantitative estimate of drug-likeness (QED) is 0.100. The molecule has 10 aliphatic heterocycles. The van der Waals surface area contributed by atoms with Crippen molar-refractivity contribution in [2.75, 3.05) is 26.4 Å². The predicted molar refractivity (Wildman–Crippen MR) is 434 cm³/mol. The molecule has 21 rings (SSSR count). The van der Waals surface area contributed by atoms with Crippen molar-refractivity contribution < 1.29 is 27.8 Å². The van der Waals surface area contributed by atoms with Crippen LogP contribution in [0.4, 0.5) is 11.4 Å². The summed E-state index contributed by atoms with van der Waals surface area (Å²) in [6.45, 7) is 23.6. The van der Waals surface area contributed by atoms with Gasteiger partial charge in [-0.1, -0.05) is 199 Å². The Bertz CT molecular complexity index is 4520. The number of hydrogen-bond acceptors (Lipinski definition) is 8. The lowest BCUT2D eigenvalue weighted by Crippen LogP contribution is -2.43. The lowest BCUT2D eigenvalue weighted by atomic mass is 9.61. The number of rotatable bonds is 10. The average molecular weight is 1400 g/mol. The smallest absolute Gasteiger partial charge is 0.250 e.